The summed E-state index contributed by atoms with van der Waals surface area (Å²) in [6, 6.07) is 7.31. The fourth-order valence-corrected chi connectivity index (χ4v) is 2.96. The Kier molecular flexibility index (Phi) is 3.94. The molecule has 0 unspecified atom stereocenters. The summed E-state index contributed by atoms with van der Waals surface area (Å²) in [5, 5.41) is 12.4. The van der Waals surface area contributed by atoms with Gasteiger partial charge in [-0.25, -0.2) is 0 Å². The Morgan fingerprint density at radius 3 is 2.67 bits per heavy atom. The van der Waals surface area contributed by atoms with Crippen molar-refractivity contribution in [3.63, 3.8) is 0 Å². The van der Waals surface area contributed by atoms with Crippen molar-refractivity contribution in [1.82, 2.24) is 5.32 Å². The van der Waals surface area contributed by atoms with E-state index in [1.165, 1.54) is 0 Å². The Hall–Kier alpha value is -1.05. The lowest BCUT2D eigenvalue weighted by Gasteiger charge is -2.22. The smallest absolute Gasteiger partial charge is 0.254 e. The first-order valence-corrected chi connectivity index (χ1v) is 6.92. The van der Waals surface area contributed by atoms with Crippen molar-refractivity contribution in [3.05, 3.63) is 33.3 Å². The van der Waals surface area contributed by atoms with Crippen molar-refractivity contribution in [2.45, 2.75) is 31.2 Å². The molecule has 1 aliphatic rings. The van der Waals surface area contributed by atoms with Gasteiger partial charge in [-0.2, -0.15) is 5.26 Å². The quantitative estimate of drug-likeness (QED) is 0.901. The van der Waals surface area contributed by atoms with Crippen molar-refractivity contribution in [2.75, 3.05) is 0 Å². The fourth-order valence-electron chi connectivity index (χ4n) is 2.20. The maximum Gasteiger partial charge on any atom is 0.254 e. The van der Waals surface area contributed by atoms with Gasteiger partial charge in [-0.1, -0.05) is 27.5 Å². The molecule has 0 radical (unpaired) electrons. The first-order chi connectivity index (χ1) is 8.56. The summed E-state index contributed by atoms with van der Waals surface area (Å²) in [5.74, 6) is -0.282. The molecule has 0 aliphatic heterocycles. The van der Waals surface area contributed by atoms with Crippen LogP contribution in [0.3, 0.4) is 0 Å². The van der Waals surface area contributed by atoms with Gasteiger partial charge >= 0.3 is 0 Å². The number of hydrogen-bond donors (Lipinski definition) is 1. The number of hydrogen-bond acceptors (Lipinski definition) is 2. The van der Waals surface area contributed by atoms with Crippen LogP contribution in [0.5, 0.6) is 0 Å². The van der Waals surface area contributed by atoms with Crippen molar-refractivity contribution >= 4 is 33.4 Å². The van der Waals surface area contributed by atoms with Crippen LogP contribution in [-0.4, -0.2) is 11.4 Å². The van der Waals surface area contributed by atoms with Crippen LogP contribution in [0.25, 0.3) is 0 Å². The molecule has 1 aromatic rings. The Balaban J connectivity index is 2.19. The maximum atomic E-state index is 12.1. The minimum absolute atomic E-state index is 0.282. The van der Waals surface area contributed by atoms with Crippen molar-refractivity contribution in [2.24, 2.45) is 0 Å². The summed E-state index contributed by atoms with van der Waals surface area (Å²) < 4.78 is 0.819. The average molecular weight is 328 g/mol. The van der Waals surface area contributed by atoms with Crippen LogP contribution in [0, 0.1) is 11.3 Å². The number of amides is 1. The van der Waals surface area contributed by atoms with Crippen LogP contribution in [0.15, 0.2) is 22.7 Å². The first-order valence-electron chi connectivity index (χ1n) is 5.75. The molecular formula is C13H12BrClN2O. The Morgan fingerprint density at radius 1 is 1.44 bits per heavy atom. The first kappa shape index (κ1) is 13.4. The summed E-state index contributed by atoms with van der Waals surface area (Å²) in [6.07, 6.45) is 3.37. The Bertz CT molecular complexity index is 518. The lowest BCUT2D eigenvalue weighted by atomic mass is 9.99. The maximum absolute atomic E-state index is 12.1. The number of nitrogens with zero attached hydrogens (tertiary/aromatic N) is 1. The molecule has 0 bridgehead atoms. The van der Waals surface area contributed by atoms with Gasteiger partial charge in [-0.05, 0) is 43.9 Å². The number of nitriles is 1. The number of rotatable bonds is 2. The van der Waals surface area contributed by atoms with Gasteiger partial charge in [0.2, 0.25) is 0 Å². The van der Waals surface area contributed by atoms with E-state index in [-0.39, 0.29) is 5.91 Å². The lowest BCUT2D eigenvalue weighted by molar-refractivity contribution is 0.0921. The van der Waals surface area contributed by atoms with Crippen LogP contribution < -0.4 is 5.32 Å². The highest BCUT2D eigenvalue weighted by Gasteiger charge is 2.35. The molecule has 1 amide bonds. The molecule has 94 valence electrons. The van der Waals surface area contributed by atoms with E-state index in [0.29, 0.717) is 23.4 Å². The zero-order valence-electron chi connectivity index (χ0n) is 9.67. The van der Waals surface area contributed by atoms with Gasteiger partial charge < -0.3 is 5.32 Å². The number of nitrogens with one attached hydrogen (secondary N) is 1. The minimum Gasteiger partial charge on any atom is -0.334 e. The highest BCUT2D eigenvalue weighted by atomic mass is 79.9. The van der Waals surface area contributed by atoms with Crippen LogP contribution in [0.2, 0.25) is 5.02 Å². The highest BCUT2D eigenvalue weighted by molar-refractivity contribution is 9.10. The van der Waals surface area contributed by atoms with Gasteiger partial charge in [0.25, 0.3) is 5.91 Å². The van der Waals surface area contributed by atoms with E-state index in [1.54, 1.807) is 18.2 Å². The van der Waals surface area contributed by atoms with Crippen molar-refractivity contribution < 1.29 is 4.79 Å². The molecule has 0 saturated heterocycles. The molecular weight excluding hydrogens is 316 g/mol. The second kappa shape index (κ2) is 5.29. The van der Waals surface area contributed by atoms with Crippen LogP contribution in [-0.2, 0) is 0 Å². The molecule has 1 aliphatic carbocycles. The molecule has 0 heterocycles. The molecule has 0 atom stereocenters. The zero-order chi connectivity index (χ0) is 13.2. The molecule has 1 N–H and O–H groups in total. The summed E-state index contributed by atoms with van der Waals surface area (Å²) in [5.41, 5.74) is -0.311. The van der Waals surface area contributed by atoms with Gasteiger partial charge in [0, 0.05) is 4.47 Å². The summed E-state index contributed by atoms with van der Waals surface area (Å²) in [4.78, 5) is 12.1. The fraction of sp³-hybridized carbons (Fsp3) is 0.385. The monoisotopic (exact) mass is 326 g/mol. The third kappa shape index (κ3) is 2.68. The summed E-state index contributed by atoms with van der Waals surface area (Å²) in [6.45, 7) is 0. The predicted molar refractivity (Wildman–Crippen MR) is 73.4 cm³/mol. The van der Waals surface area contributed by atoms with E-state index in [1.807, 2.05) is 0 Å². The Labute approximate surface area is 119 Å². The summed E-state index contributed by atoms with van der Waals surface area (Å²) in [7, 11) is 0. The largest absolute Gasteiger partial charge is 0.334 e. The third-order valence-electron chi connectivity index (χ3n) is 3.20. The number of halogens is 2. The molecule has 1 fully saturated rings. The second-order valence-corrected chi connectivity index (χ2v) is 5.80. The molecule has 0 aromatic heterocycles. The molecule has 1 saturated carbocycles. The van der Waals surface area contributed by atoms with E-state index in [9.17, 15) is 10.1 Å². The standard InChI is InChI=1S/C13H12BrClN2O/c14-9-3-4-10(11(15)7-9)12(18)17-13(8-16)5-1-2-6-13/h3-4,7H,1-2,5-6H2,(H,17,18). The molecule has 2 rings (SSSR count). The molecule has 1 aromatic carbocycles. The Morgan fingerprint density at radius 2 is 2.11 bits per heavy atom. The molecule has 0 spiro atoms. The van der Waals surface area contributed by atoms with E-state index in [2.05, 4.69) is 27.3 Å². The van der Waals surface area contributed by atoms with Gasteiger partial charge in [-0.3, -0.25) is 4.79 Å². The highest BCUT2D eigenvalue weighted by Crippen LogP contribution is 2.30. The second-order valence-electron chi connectivity index (χ2n) is 4.48. The predicted octanol–water partition coefficient (Wildman–Crippen LogP) is 3.67. The van der Waals surface area contributed by atoms with E-state index in [4.69, 9.17) is 11.6 Å². The van der Waals surface area contributed by atoms with E-state index in [0.717, 1.165) is 17.3 Å². The van der Waals surface area contributed by atoms with Gasteiger partial charge in [0.15, 0.2) is 0 Å². The third-order valence-corrected chi connectivity index (χ3v) is 4.01. The molecule has 18 heavy (non-hydrogen) atoms. The number of carbonyl (C=O) groups is 1. The minimum atomic E-state index is -0.715. The molecule has 3 nitrogen and oxygen atoms in total. The van der Waals surface area contributed by atoms with Crippen molar-refractivity contribution in [1.29, 1.82) is 5.26 Å². The van der Waals surface area contributed by atoms with Crippen LogP contribution >= 0.6 is 27.5 Å². The van der Waals surface area contributed by atoms with Gasteiger partial charge in [0.05, 0.1) is 16.7 Å². The summed E-state index contributed by atoms with van der Waals surface area (Å²) >= 11 is 9.31. The normalized spacial score (nSPS) is 17.2. The van der Waals surface area contributed by atoms with Crippen LogP contribution in [0.4, 0.5) is 0 Å². The van der Waals surface area contributed by atoms with E-state index < -0.39 is 5.54 Å². The SMILES string of the molecule is N#CC1(NC(=O)c2ccc(Br)cc2Cl)CCCC1. The zero-order valence-corrected chi connectivity index (χ0v) is 12.0. The number of carbonyl (C=O) groups excluding carboxylic acids is 1. The lowest BCUT2D eigenvalue weighted by Crippen LogP contribution is -2.45. The van der Waals surface area contributed by atoms with Gasteiger partial charge in [0.1, 0.15) is 5.54 Å². The average Bonchev–Trinajstić information content (AvgIpc) is 2.78. The topological polar surface area (TPSA) is 52.9 Å². The van der Waals surface area contributed by atoms with Crippen molar-refractivity contribution in [3.8, 4) is 6.07 Å². The van der Waals surface area contributed by atoms with E-state index >= 15 is 0 Å². The molecule has 5 heteroatoms. The van der Waals surface area contributed by atoms with Gasteiger partial charge in [-0.15, -0.1) is 0 Å². The van der Waals surface area contributed by atoms with Crippen LogP contribution in [0.1, 0.15) is 36.0 Å². The number of benzene rings is 1.